The molecule has 0 aliphatic rings. The van der Waals surface area contributed by atoms with Gasteiger partial charge in [-0.15, -0.1) is 0 Å². The number of nitrogens with zero attached hydrogens (tertiary/aromatic N) is 1. The van der Waals surface area contributed by atoms with Crippen LogP contribution >= 0.6 is 0 Å². The molecule has 74 valence electrons. The van der Waals surface area contributed by atoms with Crippen molar-refractivity contribution in [3.63, 3.8) is 0 Å². The van der Waals surface area contributed by atoms with Gasteiger partial charge in [-0.1, -0.05) is 31.2 Å². The van der Waals surface area contributed by atoms with Gasteiger partial charge in [0.1, 0.15) is 0 Å². The quantitative estimate of drug-likeness (QED) is 0.677. The number of aryl methyl sites for hydroxylation is 2. The third kappa shape index (κ3) is 1.16. The maximum Gasteiger partial charge on any atom is 0.0253 e. The van der Waals surface area contributed by atoms with E-state index in [1.807, 2.05) is 0 Å². The molecule has 0 aliphatic carbocycles. The standard InChI is InChI=1S/C13H17N/c1-4-13-12-9-7-6-8-11(12)10(3)14(13)5-2/h6-9H,4-5H2,1-3H3. The molecule has 0 fully saturated rings. The van der Waals surface area contributed by atoms with E-state index in [1.165, 1.54) is 22.2 Å². The van der Waals surface area contributed by atoms with Gasteiger partial charge in [-0.3, -0.25) is 0 Å². The van der Waals surface area contributed by atoms with Crippen molar-refractivity contribution in [2.45, 2.75) is 33.7 Å². The first kappa shape index (κ1) is 9.32. The van der Waals surface area contributed by atoms with E-state index in [0.717, 1.165) is 13.0 Å². The lowest BCUT2D eigenvalue weighted by molar-refractivity contribution is 0.704. The minimum absolute atomic E-state index is 1.07. The van der Waals surface area contributed by atoms with Gasteiger partial charge < -0.3 is 4.57 Å². The average Bonchev–Trinajstić information content (AvgIpc) is 2.51. The molecule has 0 radical (unpaired) electrons. The third-order valence-electron chi connectivity index (χ3n) is 3.01. The lowest BCUT2D eigenvalue weighted by atomic mass is 10.1. The minimum atomic E-state index is 1.07. The summed E-state index contributed by atoms with van der Waals surface area (Å²) in [6.07, 6.45) is 1.11. The van der Waals surface area contributed by atoms with Crippen LogP contribution in [-0.2, 0) is 13.0 Å². The van der Waals surface area contributed by atoms with Crippen molar-refractivity contribution in [1.82, 2.24) is 4.57 Å². The predicted molar refractivity (Wildman–Crippen MR) is 61.7 cm³/mol. The Morgan fingerprint density at radius 2 is 1.71 bits per heavy atom. The summed E-state index contributed by atoms with van der Waals surface area (Å²) < 4.78 is 2.42. The molecule has 2 aromatic rings. The summed E-state index contributed by atoms with van der Waals surface area (Å²) in [7, 11) is 0. The number of rotatable bonds is 2. The Bertz CT molecular complexity index is 451. The fourth-order valence-electron chi connectivity index (χ4n) is 2.35. The zero-order valence-electron chi connectivity index (χ0n) is 9.17. The molecule has 0 saturated heterocycles. The van der Waals surface area contributed by atoms with Crippen molar-refractivity contribution in [2.75, 3.05) is 0 Å². The highest BCUT2D eigenvalue weighted by Crippen LogP contribution is 2.25. The van der Waals surface area contributed by atoms with Gasteiger partial charge >= 0.3 is 0 Å². The van der Waals surface area contributed by atoms with Crippen LogP contribution < -0.4 is 0 Å². The van der Waals surface area contributed by atoms with E-state index in [2.05, 4.69) is 49.6 Å². The van der Waals surface area contributed by atoms with Crippen molar-refractivity contribution in [1.29, 1.82) is 0 Å². The van der Waals surface area contributed by atoms with Gasteiger partial charge in [-0.2, -0.15) is 0 Å². The van der Waals surface area contributed by atoms with Gasteiger partial charge in [0.15, 0.2) is 0 Å². The van der Waals surface area contributed by atoms with Crippen LogP contribution in [0.5, 0.6) is 0 Å². The van der Waals surface area contributed by atoms with E-state index in [9.17, 15) is 0 Å². The first-order valence-corrected chi connectivity index (χ1v) is 5.36. The van der Waals surface area contributed by atoms with Crippen molar-refractivity contribution >= 4 is 10.8 Å². The van der Waals surface area contributed by atoms with Gasteiger partial charge in [-0.05, 0) is 20.3 Å². The number of hydrogen-bond acceptors (Lipinski definition) is 0. The highest BCUT2D eigenvalue weighted by Gasteiger charge is 2.09. The maximum absolute atomic E-state index is 2.42. The predicted octanol–water partition coefficient (Wildman–Crippen LogP) is 3.53. The summed E-state index contributed by atoms with van der Waals surface area (Å²) in [5, 5.41) is 2.83. The van der Waals surface area contributed by atoms with Crippen molar-refractivity contribution in [2.24, 2.45) is 0 Å². The first-order valence-electron chi connectivity index (χ1n) is 5.36. The maximum atomic E-state index is 2.42. The molecule has 1 aromatic heterocycles. The molecule has 0 aliphatic heterocycles. The molecule has 1 heteroatoms. The number of aromatic nitrogens is 1. The fraction of sp³-hybridized carbons (Fsp3) is 0.385. The van der Waals surface area contributed by atoms with E-state index >= 15 is 0 Å². The summed E-state index contributed by atoms with van der Waals surface area (Å²) in [4.78, 5) is 0. The van der Waals surface area contributed by atoms with E-state index < -0.39 is 0 Å². The topological polar surface area (TPSA) is 4.93 Å². The SMILES string of the molecule is CCc1c2ccccc2c(C)n1CC. The molecule has 0 saturated carbocycles. The zero-order valence-corrected chi connectivity index (χ0v) is 9.17. The number of benzene rings is 1. The smallest absolute Gasteiger partial charge is 0.0253 e. The Morgan fingerprint density at radius 1 is 1.07 bits per heavy atom. The van der Waals surface area contributed by atoms with Crippen molar-refractivity contribution < 1.29 is 0 Å². The van der Waals surface area contributed by atoms with Gasteiger partial charge in [0, 0.05) is 28.7 Å². The van der Waals surface area contributed by atoms with Crippen LogP contribution in [0.2, 0.25) is 0 Å². The van der Waals surface area contributed by atoms with E-state index in [4.69, 9.17) is 0 Å². The summed E-state index contributed by atoms with van der Waals surface area (Å²) >= 11 is 0. The third-order valence-corrected chi connectivity index (χ3v) is 3.01. The zero-order chi connectivity index (χ0) is 10.1. The molecule has 0 atom stereocenters. The van der Waals surface area contributed by atoms with Crippen LogP contribution in [0.15, 0.2) is 24.3 Å². The molecule has 1 nitrogen and oxygen atoms in total. The Labute approximate surface area is 85.4 Å². The van der Waals surface area contributed by atoms with E-state index in [1.54, 1.807) is 0 Å². The molecular weight excluding hydrogens is 170 g/mol. The van der Waals surface area contributed by atoms with Gasteiger partial charge in [0.25, 0.3) is 0 Å². The summed E-state index contributed by atoms with van der Waals surface area (Å²) in [5.41, 5.74) is 2.88. The van der Waals surface area contributed by atoms with Crippen LogP contribution in [0.4, 0.5) is 0 Å². The van der Waals surface area contributed by atoms with Crippen molar-refractivity contribution in [3.05, 3.63) is 35.7 Å². The van der Waals surface area contributed by atoms with Crippen LogP contribution in [0, 0.1) is 6.92 Å². The van der Waals surface area contributed by atoms with Crippen molar-refractivity contribution in [3.8, 4) is 0 Å². The minimum Gasteiger partial charge on any atom is -0.348 e. The first-order chi connectivity index (χ1) is 6.79. The second-order valence-corrected chi connectivity index (χ2v) is 3.68. The molecule has 0 N–H and O–H groups in total. The van der Waals surface area contributed by atoms with Crippen LogP contribution in [-0.4, -0.2) is 4.57 Å². The Hall–Kier alpha value is -1.24. The van der Waals surface area contributed by atoms with Crippen LogP contribution in [0.3, 0.4) is 0 Å². The Kier molecular flexibility index (Phi) is 2.32. The fourth-order valence-corrected chi connectivity index (χ4v) is 2.35. The second-order valence-electron chi connectivity index (χ2n) is 3.68. The van der Waals surface area contributed by atoms with Crippen LogP contribution in [0.1, 0.15) is 25.2 Å². The number of hydrogen-bond donors (Lipinski definition) is 0. The van der Waals surface area contributed by atoms with Gasteiger partial charge in [0.2, 0.25) is 0 Å². The van der Waals surface area contributed by atoms with Gasteiger partial charge in [0.05, 0.1) is 0 Å². The monoisotopic (exact) mass is 187 g/mol. The summed E-state index contributed by atoms with van der Waals surface area (Å²) in [5.74, 6) is 0. The van der Waals surface area contributed by atoms with Crippen LogP contribution in [0.25, 0.3) is 10.8 Å². The molecule has 0 amide bonds. The van der Waals surface area contributed by atoms with E-state index in [0.29, 0.717) is 0 Å². The number of fused-ring (bicyclic) bond motifs is 1. The van der Waals surface area contributed by atoms with E-state index in [-0.39, 0.29) is 0 Å². The second kappa shape index (κ2) is 3.49. The summed E-state index contributed by atoms with van der Waals surface area (Å²) in [6, 6.07) is 8.69. The molecule has 14 heavy (non-hydrogen) atoms. The van der Waals surface area contributed by atoms with Gasteiger partial charge in [-0.25, -0.2) is 0 Å². The molecule has 0 unspecified atom stereocenters. The highest BCUT2D eigenvalue weighted by atomic mass is 15.0. The molecular formula is C13H17N. The molecule has 0 spiro atoms. The Balaban J connectivity index is 2.84. The summed E-state index contributed by atoms with van der Waals surface area (Å²) in [6.45, 7) is 7.73. The molecule has 2 rings (SSSR count). The normalized spacial score (nSPS) is 11.1. The lowest BCUT2D eigenvalue weighted by Crippen LogP contribution is -2.01. The molecule has 1 heterocycles. The average molecular weight is 187 g/mol. The lowest BCUT2D eigenvalue weighted by Gasteiger charge is -2.06. The largest absolute Gasteiger partial charge is 0.348 e. The highest BCUT2D eigenvalue weighted by molar-refractivity contribution is 5.88. The Morgan fingerprint density at radius 3 is 2.29 bits per heavy atom. The molecule has 1 aromatic carbocycles. The molecule has 0 bridgehead atoms.